The van der Waals surface area contributed by atoms with Crippen molar-refractivity contribution in [3.63, 3.8) is 0 Å². The van der Waals surface area contributed by atoms with Crippen LogP contribution in [0.2, 0.25) is 0 Å². The van der Waals surface area contributed by atoms with Crippen LogP contribution in [0.4, 0.5) is 20.5 Å². The maximum absolute atomic E-state index is 13.2. The first-order chi connectivity index (χ1) is 17.7. The largest absolute Gasteiger partial charge is 0.489 e. The molecule has 4 heterocycles. The number of pyridine rings is 1. The Morgan fingerprint density at radius 1 is 1.16 bits per heavy atom. The van der Waals surface area contributed by atoms with Crippen molar-refractivity contribution in [2.75, 3.05) is 36.9 Å². The van der Waals surface area contributed by atoms with Gasteiger partial charge in [0.05, 0.1) is 24.5 Å². The monoisotopic (exact) mass is 515 g/mol. The number of carbonyl (C=O) groups is 1. The van der Waals surface area contributed by atoms with Crippen molar-refractivity contribution >= 4 is 17.7 Å². The van der Waals surface area contributed by atoms with Crippen LogP contribution in [0.15, 0.2) is 24.8 Å². The predicted octanol–water partition coefficient (Wildman–Crippen LogP) is 1.68. The number of halogens is 2. The summed E-state index contributed by atoms with van der Waals surface area (Å²) >= 11 is 0. The second-order valence-electron chi connectivity index (χ2n) is 9.35. The Hall–Kier alpha value is -4.10. The number of nitrogens with two attached hydrogens (primary N) is 2. The van der Waals surface area contributed by atoms with Gasteiger partial charge in [-0.1, -0.05) is 0 Å². The van der Waals surface area contributed by atoms with E-state index in [1.165, 1.54) is 0 Å². The minimum Gasteiger partial charge on any atom is -0.489 e. The topological polar surface area (TPSA) is 160 Å². The third kappa shape index (κ3) is 5.67. The van der Waals surface area contributed by atoms with Gasteiger partial charge in [-0.15, -0.1) is 0 Å². The van der Waals surface area contributed by atoms with Crippen LogP contribution in [0.3, 0.4) is 0 Å². The Kier molecular flexibility index (Phi) is 6.48. The van der Waals surface area contributed by atoms with Crippen molar-refractivity contribution < 1.29 is 23.0 Å². The lowest BCUT2D eigenvalue weighted by Gasteiger charge is -2.32. The van der Waals surface area contributed by atoms with Crippen LogP contribution in [0.25, 0.3) is 11.3 Å². The maximum Gasteiger partial charge on any atom is 0.321 e. The second kappa shape index (κ2) is 9.75. The molecule has 0 radical (unpaired) electrons. The average Bonchev–Trinajstić information content (AvgIpc) is 3.26. The van der Waals surface area contributed by atoms with Crippen molar-refractivity contribution in [1.82, 2.24) is 29.5 Å². The number of hydrogen-bond donors (Lipinski definition) is 2. The number of anilines is 2. The molecule has 1 aliphatic heterocycles. The van der Waals surface area contributed by atoms with Gasteiger partial charge < -0.3 is 30.4 Å². The van der Waals surface area contributed by atoms with Gasteiger partial charge in [0.1, 0.15) is 6.61 Å². The van der Waals surface area contributed by atoms with Gasteiger partial charge in [-0.2, -0.15) is 15.0 Å². The van der Waals surface area contributed by atoms with Crippen LogP contribution >= 0.6 is 0 Å². The summed E-state index contributed by atoms with van der Waals surface area (Å²) in [5, 5.41) is 0. The smallest absolute Gasteiger partial charge is 0.321 e. The number of carbonyl (C=O) groups excluding carboxylic acids is 1. The van der Waals surface area contributed by atoms with Crippen LogP contribution in [0, 0.1) is 11.8 Å². The quantitative estimate of drug-likeness (QED) is 0.429. The van der Waals surface area contributed by atoms with E-state index < -0.39 is 17.7 Å². The first-order valence-corrected chi connectivity index (χ1v) is 11.9. The van der Waals surface area contributed by atoms with Gasteiger partial charge in [0, 0.05) is 44.5 Å². The SMILES string of the molecule is Cn1cnc(-c2cnc(N)c(OCC3CCN(c4nc(OC[C@H]5CC5(F)F)nc(C(N)=O)n4)CC3)c2)c1. The maximum atomic E-state index is 13.2. The minimum atomic E-state index is -2.73. The molecule has 0 bridgehead atoms. The summed E-state index contributed by atoms with van der Waals surface area (Å²) in [7, 11) is 1.89. The van der Waals surface area contributed by atoms with Crippen molar-refractivity contribution in [2.45, 2.75) is 25.2 Å². The summed E-state index contributed by atoms with van der Waals surface area (Å²) in [4.78, 5) is 34.3. The fourth-order valence-electron chi connectivity index (χ4n) is 4.07. The number of primary amides is 1. The summed E-state index contributed by atoms with van der Waals surface area (Å²) in [6.07, 6.45) is 6.53. The fraction of sp³-hybridized carbons (Fsp3) is 0.478. The number of alkyl halides is 2. The van der Waals surface area contributed by atoms with E-state index in [0.717, 1.165) is 24.1 Å². The minimum absolute atomic E-state index is 0.192. The van der Waals surface area contributed by atoms with Crippen LogP contribution in [0.1, 0.15) is 29.9 Å². The van der Waals surface area contributed by atoms with Gasteiger partial charge in [0.25, 0.3) is 11.8 Å². The number of amides is 1. The van der Waals surface area contributed by atoms with Crippen LogP contribution in [0.5, 0.6) is 11.8 Å². The van der Waals surface area contributed by atoms with Crippen LogP contribution in [-0.2, 0) is 7.05 Å². The number of nitrogen functional groups attached to an aromatic ring is 1. The van der Waals surface area contributed by atoms with Crippen LogP contribution in [-0.4, -0.2) is 67.6 Å². The Bertz CT molecular complexity index is 1290. The highest BCUT2D eigenvalue weighted by molar-refractivity contribution is 5.89. The molecule has 0 aromatic carbocycles. The Labute approximate surface area is 211 Å². The Morgan fingerprint density at radius 2 is 1.92 bits per heavy atom. The number of ether oxygens (including phenoxy) is 2. The number of piperidine rings is 1. The first-order valence-electron chi connectivity index (χ1n) is 11.9. The molecule has 1 saturated heterocycles. The molecule has 12 nitrogen and oxygen atoms in total. The molecule has 1 aliphatic carbocycles. The van der Waals surface area contributed by atoms with Crippen molar-refractivity contribution in [2.24, 2.45) is 24.6 Å². The highest BCUT2D eigenvalue weighted by Crippen LogP contribution is 2.48. The van der Waals surface area contributed by atoms with Gasteiger partial charge in [-0.25, -0.2) is 18.7 Å². The summed E-state index contributed by atoms with van der Waals surface area (Å²) in [6.45, 7) is 1.36. The molecular formula is C23H27F2N9O3. The summed E-state index contributed by atoms with van der Waals surface area (Å²) < 4.78 is 39.5. The number of aromatic nitrogens is 6. The summed E-state index contributed by atoms with van der Waals surface area (Å²) in [6, 6.07) is 1.64. The molecule has 196 valence electrons. The molecule has 2 aliphatic rings. The molecule has 1 atom stereocenters. The highest BCUT2D eigenvalue weighted by atomic mass is 19.3. The van der Waals surface area contributed by atoms with E-state index in [1.807, 2.05) is 28.8 Å². The molecule has 3 aromatic heterocycles. The zero-order valence-corrected chi connectivity index (χ0v) is 20.2. The predicted molar refractivity (Wildman–Crippen MR) is 128 cm³/mol. The molecule has 14 heteroatoms. The number of aryl methyl sites for hydroxylation is 1. The molecule has 0 unspecified atom stereocenters. The molecule has 3 aromatic rings. The molecular weight excluding hydrogens is 488 g/mol. The van der Waals surface area contributed by atoms with E-state index in [1.54, 1.807) is 12.5 Å². The molecule has 1 amide bonds. The van der Waals surface area contributed by atoms with Crippen molar-refractivity contribution in [3.05, 3.63) is 30.6 Å². The first kappa shape index (κ1) is 24.6. The van der Waals surface area contributed by atoms with Gasteiger partial charge in [0.2, 0.25) is 11.8 Å². The molecule has 37 heavy (non-hydrogen) atoms. The third-order valence-electron chi connectivity index (χ3n) is 6.45. The van der Waals surface area contributed by atoms with E-state index in [9.17, 15) is 13.6 Å². The molecule has 0 spiro atoms. The Balaban J connectivity index is 1.18. The van der Waals surface area contributed by atoms with Crippen molar-refractivity contribution in [3.8, 4) is 23.0 Å². The molecule has 1 saturated carbocycles. The molecule has 5 rings (SSSR count). The van der Waals surface area contributed by atoms with Crippen LogP contribution < -0.4 is 25.8 Å². The number of nitrogens with zero attached hydrogens (tertiary/aromatic N) is 7. The van der Waals surface area contributed by atoms with Crippen molar-refractivity contribution in [1.29, 1.82) is 0 Å². The van der Waals surface area contributed by atoms with E-state index in [0.29, 0.717) is 31.3 Å². The van der Waals surface area contributed by atoms with E-state index >= 15 is 0 Å². The summed E-state index contributed by atoms with van der Waals surface area (Å²) in [5.41, 5.74) is 12.9. The van der Waals surface area contributed by atoms with Gasteiger partial charge >= 0.3 is 6.01 Å². The second-order valence-corrected chi connectivity index (χ2v) is 9.35. The number of imidazole rings is 1. The van der Waals surface area contributed by atoms with E-state index in [4.69, 9.17) is 20.9 Å². The number of rotatable bonds is 9. The lowest BCUT2D eigenvalue weighted by Crippen LogP contribution is -2.37. The normalized spacial score (nSPS) is 19.0. The van der Waals surface area contributed by atoms with Gasteiger partial charge in [-0.05, 0) is 24.8 Å². The third-order valence-corrected chi connectivity index (χ3v) is 6.45. The number of hydrogen-bond acceptors (Lipinski definition) is 10. The molecule has 4 N–H and O–H groups in total. The zero-order chi connectivity index (χ0) is 26.2. The van der Waals surface area contributed by atoms with Gasteiger partial charge in [0.15, 0.2) is 11.6 Å². The zero-order valence-electron chi connectivity index (χ0n) is 20.2. The van der Waals surface area contributed by atoms with E-state index in [-0.39, 0.29) is 36.7 Å². The standard InChI is InChI=1S/C23H27F2N9O3/c1-33-9-16(29-12-33)14-6-17(18(26)28-8-14)36-10-13-2-4-34(5-3-13)21-30-20(19(27)35)31-22(32-21)37-11-15-7-23(15,24)25/h6,8-9,12-13,15H,2-5,7,10-11H2,1H3,(H2,26,28)(H2,27,35)/t15-/m1/s1. The average molecular weight is 516 g/mol. The highest BCUT2D eigenvalue weighted by Gasteiger charge is 2.57. The summed E-state index contributed by atoms with van der Waals surface area (Å²) in [5.74, 6) is -3.48. The fourth-order valence-corrected chi connectivity index (χ4v) is 4.07. The lowest BCUT2D eigenvalue weighted by atomic mass is 9.98. The molecule has 2 fully saturated rings. The van der Waals surface area contributed by atoms with E-state index in [2.05, 4.69) is 24.9 Å². The Morgan fingerprint density at radius 3 is 2.57 bits per heavy atom. The lowest BCUT2D eigenvalue weighted by molar-refractivity contribution is 0.0837. The van der Waals surface area contributed by atoms with Gasteiger partial charge in [-0.3, -0.25) is 4.79 Å².